The van der Waals surface area contributed by atoms with E-state index in [2.05, 4.69) is 5.92 Å². The highest BCUT2D eigenvalue weighted by Crippen LogP contribution is 2.30. The fraction of sp³-hybridized carbons (Fsp3) is 0.158. The normalized spacial score (nSPS) is 10.7. The van der Waals surface area contributed by atoms with E-state index in [4.69, 9.17) is 15.9 Å². The van der Waals surface area contributed by atoms with Crippen LogP contribution >= 0.6 is 0 Å². The van der Waals surface area contributed by atoms with Gasteiger partial charge in [-0.1, -0.05) is 36.3 Å². The molecule has 2 aromatic carbocycles. The van der Waals surface area contributed by atoms with Gasteiger partial charge in [0.25, 0.3) is 0 Å². The molecular weight excluding hydrogens is 290 g/mol. The number of rotatable bonds is 5. The van der Waals surface area contributed by atoms with Crippen molar-refractivity contribution in [3.63, 3.8) is 0 Å². The maximum atomic E-state index is 11.9. The molecule has 0 aliphatic heterocycles. The molecule has 0 aliphatic carbocycles. The average molecular weight is 305 g/mol. The Balaban J connectivity index is 2.62. The zero-order valence-corrected chi connectivity index (χ0v) is 12.7. The van der Waals surface area contributed by atoms with E-state index >= 15 is 0 Å². The number of hydrogen-bond donors (Lipinski definition) is 0. The number of carbonyl (C=O) groups excluding carboxylic acids is 1. The van der Waals surface area contributed by atoms with E-state index in [9.17, 15) is 10.1 Å². The van der Waals surface area contributed by atoms with Crippen LogP contribution < -0.4 is 4.74 Å². The summed E-state index contributed by atoms with van der Waals surface area (Å²) in [6, 6.07) is 13.2. The Morgan fingerprint density at radius 2 is 2.09 bits per heavy atom. The molecule has 0 unspecified atom stereocenters. The molecule has 4 heteroatoms. The molecule has 0 fully saturated rings. The molecule has 2 aromatic rings. The minimum Gasteiger partial charge on any atom is -0.480 e. The molecule has 0 radical (unpaired) electrons. The summed E-state index contributed by atoms with van der Waals surface area (Å²) in [5.41, 5.74) is 0.539. The molecular formula is C19H15NO3. The zero-order chi connectivity index (χ0) is 16.7. The quantitative estimate of drug-likeness (QED) is 0.368. The number of fused-ring (bicyclic) bond motifs is 1. The highest BCUT2D eigenvalue weighted by Gasteiger charge is 2.13. The molecule has 2 rings (SSSR count). The SMILES string of the molecule is C#CCOc1ccc2ccccc2c1/C=C(\C#N)C(=O)OCC. The van der Waals surface area contributed by atoms with Gasteiger partial charge in [0.15, 0.2) is 0 Å². The first-order valence-electron chi connectivity index (χ1n) is 7.08. The lowest BCUT2D eigenvalue weighted by molar-refractivity contribution is -0.137. The summed E-state index contributed by atoms with van der Waals surface area (Å²) in [4.78, 5) is 11.9. The topological polar surface area (TPSA) is 59.3 Å². The molecule has 0 aromatic heterocycles. The first kappa shape index (κ1) is 16.1. The zero-order valence-electron chi connectivity index (χ0n) is 12.7. The van der Waals surface area contributed by atoms with Crippen molar-refractivity contribution in [2.45, 2.75) is 6.92 Å². The minimum atomic E-state index is -0.661. The van der Waals surface area contributed by atoms with E-state index in [1.54, 1.807) is 13.0 Å². The fourth-order valence-corrected chi connectivity index (χ4v) is 2.16. The summed E-state index contributed by atoms with van der Waals surface area (Å²) >= 11 is 0. The number of benzene rings is 2. The van der Waals surface area contributed by atoms with Crippen molar-refractivity contribution in [2.24, 2.45) is 0 Å². The van der Waals surface area contributed by atoms with E-state index in [0.717, 1.165) is 10.8 Å². The third kappa shape index (κ3) is 3.70. The van der Waals surface area contributed by atoms with Gasteiger partial charge >= 0.3 is 5.97 Å². The average Bonchev–Trinajstić information content (AvgIpc) is 2.58. The van der Waals surface area contributed by atoms with Gasteiger partial charge in [-0.3, -0.25) is 0 Å². The molecule has 0 heterocycles. The first-order chi connectivity index (χ1) is 11.2. The molecule has 0 saturated carbocycles. The van der Waals surface area contributed by atoms with Crippen LogP contribution in [0.25, 0.3) is 16.8 Å². The number of ether oxygens (including phenoxy) is 2. The summed E-state index contributed by atoms with van der Waals surface area (Å²) in [5, 5.41) is 11.1. The predicted octanol–water partition coefficient (Wildman–Crippen LogP) is 3.32. The van der Waals surface area contributed by atoms with Gasteiger partial charge < -0.3 is 9.47 Å². The van der Waals surface area contributed by atoms with Gasteiger partial charge in [-0.25, -0.2) is 4.79 Å². The van der Waals surface area contributed by atoms with Crippen LogP contribution in [0.15, 0.2) is 42.0 Å². The number of esters is 1. The number of nitriles is 1. The highest BCUT2D eigenvalue weighted by atomic mass is 16.5. The molecule has 0 saturated heterocycles. The van der Waals surface area contributed by atoms with Crippen LogP contribution in [-0.4, -0.2) is 19.2 Å². The summed E-state index contributed by atoms with van der Waals surface area (Å²) in [6.45, 7) is 1.99. The Labute approximate surface area is 134 Å². The van der Waals surface area contributed by atoms with Crippen LogP contribution in [0.1, 0.15) is 12.5 Å². The van der Waals surface area contributed by atoms with Gasteiger partial charge in [0.1, 0.15) is 24.0 Å². The lowest BCUT2D eigenvalue weighted by atomic mass is 10.0. The molecule has 0 aliphatic rings. The highest BCUT2D eigenvalue weighted by molar-refractivity contribution is 6.02. The van der Waals surface area contributed by atoms with E-state index in [1.807, 2.05) is 36.4 Å². The molecule has 4 nitrogen and oxygen atoms in total. The van der Waals surface area contributed by atoms with Crippen LogP contribution in [0.3, 0.4) is 0 Å². The van der Waals surface area contributed by atoms with E-state index in [-0.39, 0.29) is 18.8 Å². The van der Waals surface area contributed by atoms with Gasteiger partial charge in [-0.05, 0) is 29.8 Å². The van der Waals surface area contributed by atoms with Gasteiger partial charge in [-0.15, -0.1) is 6.42 Å². The maximum Gasteiger partial charge on any atom is 0.348 e. The number of hydrogen-bond acceptors (Lipinski definition) is 4. The van der Waals surface area contributed by atoms with Crippen molar-refractivity contribution in [1.29, 1.82) is 5.26 Å². The van der Waals surface area contributed by atoms with Crippen LogP contribution in [0.5, 0.6) is 5.75 Å². The Hall–Kier alpha value is -3.24. The van der Waals surface area contributed by atoms with Crippen LogP contribution in [0.4, 0.5) is 0 Å². The molecule has 114 valence electrons. The standard InChI is InChI=1S/C19H15NO3/c1-3-11-23-18-10-9-14-7-5-6-8-16(14)17(18)12-15(13-20)19(21)22-4-2/h1,5-10,12H,4,11H2,2H3/b15-12+. The summed E-state index contributed by atoms with van der Waals surface area (Å²) in [5.74, 6) is 2.25. The summed E-state index contributed by atoms with van der Waals surface area (Å²) in [6.07, 6.45) is 6.72. The van der Waals surface area contributed by atoms with Crippen molar-refractivity contribution >= 4 is 22.8 Å². The van der Waals surface area contributed by atoms with Crippen LogP contribution in [0, 0.1) is 23.7 Å². The van der Waals surface area contributed by atoms with Crippen LogP contribution in [-0.2, 0) is 9.53 Å². The summed E-state index contributed by atoms with van der Waals surface area (Å²) in [7, 11) is 0. The Morgan fingerprint density at radius 3 is 2.78 bits per heavy atom. The van der Waals surface area contributed by atoms with E-state index in [0.29, 0.717) is 11.3 Å². The number of carbonyl (C=O) groups is 1. The molecule has 0 atom stereocenters. The fourth-order valence-electron chi connectivity index (χ4n) is 2.16. The number of terminal acetylenes is 1. The number of nitrogens with zero attached hydrogens (tertiary/aromatic N) is 1. The van der Waals surface area contributed by atoms with Gasteiger partial charge in [-0.2, -0.15) is 5.26 Å². The largest absolute Gasteiger partial charge is 0.480 e. The molecule has 0 spiro atoms. The smallest absolute Gasteiger partial charge is 0.348 e. The maximum absolute atomic E-state index is 11.9. The third-order valence-corrected chi connectivity index (χ3v) is 3.15. The van der Waals surface area contributed by atoms with Crippen molar-refractivity contribution in [3.8, 4) is 24.2 Å². The van der Waals surface area contributed by atoms with Crippen molar-refractivity contribution in [3.05, 3.63) is 47.5 Å². The Kier molecular flexibility index (Phi) is 5.39. The van der Waals surface area contributed by atoms with Crippen molar-refractivity contribution < 1.29 is 14.3 Å². The molecule has 0 bridgehead atoms. The summed E-state index contributed by atoms with van der Waals surface area (Å²) < 4.78 is 10.4. The van der Waals surface area contributed by atoms with Crippen molar-refractivity contribution in [1.82, 2.24) is 0 Å². The van der Waals surface area contributed by atoms with E-state index in [1.165, 1.54) is 6.08 Å². The van der Waals surface area contributed by atoms with Crippen LogP contribution in [0.2, 0.25) is 0 Å². The second kappa shape index (κ2) is 7.68. The van der Waals surface area contributed by atoms with Gasteiger partial charge in [0.05, 0.1) is 6.61 Å². The molecule has 0 N–H and O–H groups in total. The Bertz CT molecular complexity index is 838. The monoisotopic (exact) mass is 305 g/mol. The molecule has 23 heavy (non-hydrogen) atoms. The molecule has 0 amide bonds. The second-order valence-electron chi connectivity index (χ2n) is 4.58. The van der Waals surface area contributed by atoms with E-state index < -0.39 is 5.97 Å². The minimum absolute atomic E-state index is 0.0891. The van der Waals surface area contributed by atoms with Gasteiger partial charge in [0.2, 0.25) is 0 Å². The predicted molar refractivity (Wildman–Crippen MR) is 88.5 cm³/mol. The third-order valence-electron chi connectivity index (χ3n) is 3.15. The lowest BCUT2D eigenvalue weighted by Gasteiger charge is -2.11. The van der Waals surface area contributed by atoms with Gasteiger partial charge in [0, 0.05) is 5.56 Å². The van der Waals surface area contributed by atoms with Crippen molar-refractivity contribution in [2.75, 3.05) is 13.2 Å². The first-order valence-corrected chi connectivity index (χ1v) is 7.08. The second-order valence-corrected chi connectivity index (χ2v) is 4.58. The Morgan fingerprint density at radius 1 is 1.30 bits per heavy atom. The lowest BCUT2D eigenvalue weighted by Crippen LogP contribution is -2.06.